The van der Waals surface area contributed by atoms with E-state index in [0.717, 1.165) is 0 Å². The molecule has 0 aromatic carbocycles. The number of hydrogen-bond acceptors (Lipinski definition) is 5. The number of hydrogen-bond donors (Lipinski definition) is 0. The minimum atomic E-state index is -0.813. The summed E-state index contributed by atoms with van der Waals surface area (Å²) in [6.07, 6.45) is 0. The lowest BCUT2D eigenvalue weighted by Crippen LogP contribution is -2.34. The Balaban J connectivity index is 3.42. The zero-order chi connectivity index (χ0) is 19.5. The molecule has 1 aromatic heterocycles. The maximum Gasteiger partial charge on any atom is 0.0468 e. The van der Waals surface area contributed by atoms with E-state index >= 15 is 0 Å². The van der Waals surface area contributed by atoms with E-state index in [2.05, 4.69) is 45.1 Å². The highest BCUT2D eigenvalue weighted by Gasteiger charge is 2.31. The third-order valence-corrected chi connectivity index (χ3v) is 3.92. The summed E-state index contributed by atoms with van der Waals surface area (Å²) in [5.41, 5.74) is 33.9. The van der Waals surface area contributed by atoms with Crippen LogP contribution in [-0.2, 0) is 10.8 Å². The van der Waals surface area contributed by atoms with Crippen molar-refractivity contribution in [1.82, 2.24) is 4.98 Å². The maximum absolute atomic E-state index is 8.62. The second kappa shape index (κ2) is 9.63. The molecule has 13 nitrogen and oxygen atoms in total. The predicted octanol–water partition coefficient (Wildman–Crippen LogP) is 4.84. The fourth-order valence-electron chi connectivity index (χ4n) is 2.28. The summed E-state index contributed by atoms with van der Waals surface area (Å²) in [5.74, 6) is 0. The Hall–Kier alpha value is -3.61. The van der Waals surface area contributed by atoms with E-state index in [9.17, 15) is 0 Å². The molecule has 1 aromatic rings. The molecule has 26 heavy (non-hydrogen) atoms. The zero-order valence-corrected chi connectivity index (χ0v) is 14.4. The second-order valence-corrected chi connectivity index (χ2v) is 6.09. The lowest BCUT2D eigenvalue weighted by atomic mass is 9.83. The summed E-state index contributed by atoms with van der Waals surface area (Å²) in [6.45, 7) is 3.71. The van der Waals surface area contributed by atoms with Crippen molar-refractivity contribution in [2.24, 2.45) is 20.5 Å². The van der Waals surface area contributed by atoms with Crippen LogP contribution in [0.15, 0.2) is 38.7 Å². The summed E-state index contributed by atoms with van der Waals surface area (Å²) in [5, 5.41) is 14.4. The number of nitrogens with zero attached hydrogens (tertiary/aromatic N) is 13. The molecule has 0 N–H and O–H groups in total. The van der Waals surface area contributed by atoms with E-state index in [0.29, 0.717) is 11.4 Å². The maximum atomic E-state index is 8.62. The molecule has 0 bridgehead atoms. The van der Waals surface area contributed by atoms with Crippen LogP contribution < -0.4 is 0 Å². The van der Waals surface area contributed by atoms with Gasteiger partial charge in [0.1, 0.15) is 0 Å². The van der Waals surface area contributed by atoms with Crippen LogP contribution in [0.5, 0.6) is 0 Å². The van der Waals surface area contributed by atoms with Crippen molar-refractivity contribution < 1.29 is 0 Å². The molecule has 0 radical (unpaired) electrons. The molecule has 0 unspecified atom stereocenters. The average Bonchev–Trinajstić information content (AvgIpc) is 2.67. The van der Waals surface area contributed by atoms with Gasteiger partial charge in [-0.3, -0.25) is 4.98 Å². The SMILES string of the molecule is CC(CN=[N+]=[N-])(CN=[N+]=[N-])c1cccc(C(C)(CN=[N+]=[N-])CN=[N+]=[N-])n1. The van der Waals surface area contributed by atoms with Crippen LogP contribution in [0.3, 0.4) is 0 Å². The van der Waals surface area contributed by atoms with Crippen molar-refractivity contribution in [1.29, 1.82) is 0 Å². The van der Waals surface area contributed by atoms with Crippen LogP contribution in [0.25, 0.3) is 41.8 Å². The lowest BCUT2D eigenvalue weighted by Gasteiger charge is -2.30. The van der Waals surface area contributed by atoms with E-state index < -0.39 is 10.8 Å². The van der Waals surface area contributed by atoms with Crippen LogP contribution in [0, 0.1) is 0 Å². The monoisotopic (exact) mass is 355 g/mol. The van der Waals surface area contributed by atoms with Crippen molar-refractivity contribution in [2.45, 2.75) is 24.7 Å². The van der Waals surface area contributed by atoms with Crippen molar-refractivity contribution in [2.75, 3.05) is 26.2 Å². The number of azide groups is 4. The number of rotatable bonds is 10. The van der Waals surface area contributed by atoms with Crippen LogP contribution in [0.1, 0.15) is 25.2 Å². The van der Waals surface area contributed by atoms with Crippen LogP contribution >= 0.6 is 0 Å². The Morgan fingerprint density at radius 1 is 0.731 bits per heavy atom. The highest BCUT2D eigenvalue weighted by Crippen LogP contribution is 2.28. The Morgan fingerprint density at radius 2 is 1.04 bits per heavy atom. The molecular formula is C13H17N13. The van der Waals surface area contributed by atoms with Crippen molar-refractivity contribution in [3.8, 4) is 0 Å². The van der Waals surface area contributed by atoms with E-state index in [1.807, 2.05) is 0 Å². The van der Waals surface area contributed by atoms with Gasteiger partial charge >= 0.3 is 0 Å². The van der Waals surface area contributed by atoms with Crippen molar-refractivity contribution >= 4 is 0 Å². The Morgan fingerprint density at radius 3 is 1.31 bits per heavy atom. The second-order valence-electron chi connectivity index (χ2n) is 6.09. The first-order chi connectivity index (χ1) is 12.5. The molecule has 0 aliphatic rings. The first-order valence-electron chi connectivity index (χ1n) is 7.47. The molecule has 13 heteroatoms. The van der Waals surface area contributed by atoms with Gasteiger partial charge in [0, 0.05) is 68.0 Å². The topological polar surface area (TPSA) is 208 Å². The quantitative estimate of drug-likeness (QED) is 0.322. The molecule has 0 saturated heterocycles. The third kappa shape index (κ3) is 5.20. The molecule has 0 aliphatic carbocycles. The Bertz CT molecular complexity index is 715. The highest BCUT2D eigenvalue weighted by molar-refractivity contribution is 5.26. The summed E-state index contributed by atoms with van der Waals surface area (Å²) >= 11 is 0. The summed E-state index contributed by atoms with van der Waals surface area (Å²) in [4.78, 5) is 15.6. The number of pyridine rings is 1. The minimum Gasteiger partial charge on any atom is -0.257 e. The van der Waals surface area contributed by atoms with Gasteiger partial charge in [0.15, 0.2) is 0 Å². The van der Waals surface area contributed by atoms with Crippen LogP contribution in [-0.4, -0.2) is 31.2 Å². The van der Waals surface area contributed by atoms with Crippen molar-refractivity contribution in [3.05, 3.63) is 71.4 Å². The Labute approximate surface area is 148 Å². The summed E-state index contributed by atoms with van der Waals surface area (Å²) in [6, 6.07) is 5.20. The molecule has 0 saturated carbocycles. The molecule has 1 heterocycles. The molecule has 0 fully saturated rings. The van der Waals surface area contributed by atoms with Gasteiger partial charge in [-0.2, -0.15) is 0 Å². The van der Waals surface area contributed by atoms with Crippen molar-refractivity contribution in [3.63, 3.8) is 0 Å². The molecule has 0 spiro atoms. The Kier molecular flexibility index (Phi) is 7.57. The first kappa shape index (κ1) is 20.4. The van der Waals surface area contributed by atoms with Gasteiger partial charge < -0.3 is 0 Å². The van der Waals surface area contributed by atoms with Gasteiger partial charge in [-0.15, -0.1) is 0 Å². The standard InChI is InChI=1S/C13H17N13/c1-12(6-18-23-14,7-19-24-15)10-4-3-5-11(22-10)13(2,8-20-25-16)9-21-26-17/h3-5H,6-9H2,1-2H3. The lowest BCUT2D eigenvalue weighted by molar-refractivity contribution is 0.451. The number of aromatic nitrogens is 1. The average molecular weight is 355 g/mol. The summed E-state index contributed by atoms with van der Waals surface area (Å²) < 4.78 is 0. The predicted molar refractivity (Wildman–Crippen MR) is 95.0 cm³/mol. The van der Waals surface area contributed by atoms with Gasteiger partial charge in [0.25, 0.3) is 0 Å². The zero-order valence-electron chi connectivity index (χ0n) is 14.4. The summed E-state index contributed by atoms with van der Waals surface area (Å²) in [7, 11) is 0. The van der Waals surface area contributed by atoms with E-state index in [1.165, 1.54) is 0 Å². The van der Waals surface area contributed by atoms with Gasteiger partial charge in [-0.25, -0.2) is 0 Å². The van der Waals surface area contributed by atoms with E-state index in [4.69, 9.17) is 22.1 Å². The fraction of sp³-hybridized carbons (Fsp3) is 0.615. The van der Waals surface area contributed by atoms with Gasteiger partial charge in [0.05, 0.1) is 0 Å². The first-order valence-corrected chi connectivity index (χ1v) is 7.47. The normalized spacial score (nSPS) is 14.2. The third-order valence-electron chi connectivity index (χ3n) is 3.92. The largest absolute Gasteiger partial charge is 0.257 e. The minimum absolute atomic E-state index is 0.0440. The van der Waals surface area contributed by atoms with Gasteiger partial charge in [0.2, 0.25) is 0 Å². The molecule has 0 amide bonds. The van der Waals surface area contributed by atoms with Gasteiger partial charge in [-0.1, -0.05) is 40.4 Å². The van der Waals surface area contributed by atoms with Crippen LogP contribution in [0.2, 0.25) is 0 Å². The molecular weight excluding hydrogens is 338 g/mol. The van der Waals surface area contributed by atoms with E-state index in [-0.39, 0.29) is 26.2 Å². The fourth-order valence-corrected chi connectivity index (χ4v) is 2.28. The smallest absolute Gasteiger partial charge is 0.0468 e. The molecule has 134 valence electrons. The van der Waals surface area contributed by atoms with E-state index in [1.54, 1.807) is 32.0 Å². The molecule has 0 atom stereocenters. The molecule has 0 aliphatic heterocycles. The van der Waals surface area contributed by atoms with Gasteiger partial charge in [-0.05, 0) is 34.3 Å². The molecule has 1 rings (SSSR count). The highest BCUT2D eigenvalue weighted by atomic mass is 15.2. The van der Waals surface area contributed by atoms with Crippen LogP contribution in [0.4, 0.5) is 0 Å².